The molecule has 14 heavy (non-hydrogen) atoms. The molecule has 0 aliphatic carbocycles. The summed E-state index contributed by atoms with van der Waals surface area (Å²) in [5, 5.41) is 0. The number of nitrogens with two attached hydrogens (primary N) is 1. The van der Waals surface area contributed by atoms with Gasteiger partial charge in [0.2, 0.25) is 0 Å². The molecule has 2 N–H and O–H groups in total. The summed E-state index contributed by atoms with van der Waals surface area (Å²) in [4.78, 5) is 19.0. The molecule has 0 bridgehead atoms. The summed E-state index contributed by atoms with van der Waals surface area (Å²) in [7, 11) is 0. The second kappa shape index (κ2) is 3.71. The van der Waals surface area contributed by atoms with E-state index in [1.165, 1.54) is 6.20 Å². The topological polar surface area (TPSA) is 78.1 Å². The maximum absolute atomic E-state index is 11.0. The summed E-state index contributed by atoms with van der Waals surface area (Å²) < 4.78 is 5.25. The highest BCUT2D eigenvalue weighted by Gasteiger charge is 2.22. The molecular weight excluding hydrogens is 182 g/mol. The van der Waals surface area contributed by atoms with Crippen LogP contribution in [0.15, 0.2) is 12.4 Å². The molecule has 1 unspecified atom stereocenters. The first-order chi connectivity index (χ1) is 6.77. The van der Waals surface area contributed by atoms with Gasteiger partial charge in [0.05, 0.1) is 11.8 Å². The zero-order chi connectivity index (χ0) is 9.97. The molecular formula is C9H11N3O2. The molecule has 0 spiro atoms. The minimum Gasteiger partial charge on any atom is -0.378 e. The predicted octanol–water partition coefficient (Wildman–Crippen LogP) is -0.0931. The van der Waals surface area contributed by atoms with E-state index in [2.05, 4.69) is 9.97 Å². The second-order valence-corrected chi connectivity index (χ2v) is 3.20. The number of hydrogen-bond acceptors (Lipinski definition) is 4. The van der Waals surface area contributed by atoms with Crippen LogP contribution in [0, 0.1) is 0 Å². The van der Waals surface area contributed by atoms with E-state index in [9.17, 15) is 4.79 Å². The van der Waals surface area contributed by atoms with Gasteiger partial charge in [0.25, 0.3) is 5.91 Å². The zero-order valence-electron chi connectivity index (χ0n) is 7.64. The van der Waals surface area contributed by atoms with Gasteiger partial charge in [-0.15, -0.1) is 0 Å². The number of hydrogen-bond donors (Lipinski definition) is 1. The number of primary amides is 1. The van der Waals surface area contributed by atoms with Crippen LogP contribution in [-0.2, 0) is 11.2 Å². The summed E-state index contributed by atoms with van der Waals surface area (Å²) >= 11 is 0. The average Bonchev–Trinajstić information content (AvgIpc) is 2.12. The van der Waals surface area contributed by atoms with Crippen LogP contribution in [0.3, 0.4) is 0 Å². The lowest BCUT2D eigenvalue weighted by atomic mass is 10.1. The molecule has 0 radical (unpaired) electrons. The summed E-state index contributed by atoms with van der Waals surface area (Å²) in [6, 6.07) is 0. The van der Waals surface area contributed by atoms with Gasteiger partial charge in [0, 0.05) is 25.4 Å². The van der Waals surface area contributed by atoms with Crippen molar-refractivity contribution in [2.45, 2.75) is 18.9 Å². The van der Waals surface area contributed by atoms with Gasteiger partial charge in [0.15, 0.2) is 0 Å². The maximum atomic E-state index is 11.0. The van der Waals surface area contributed by atoms with Crippen LogP contribution in [-0.4, -0.2) is 28.6 Å². The fourth-order valence-electron chi connectivity index (χ4n) is 1.38. The highest BCUT2D eigenvalue weighted by atomic mass is 16.5. The van der Waals surface area contributed by atoms with Gasteiger partial charge in [-0.25, -0.2) is 4.98 Å². The third-order valence-electron chi connectivity index (χ3n) is 2.22. The van der Waals surface area contributed by atoms with Crippen molar-refractivity contribution >= 4 is 5.91 Å². The summed E-state index contributed by atoms with van der Waals surface area (Å²) in [5.41, 5.74) is 6.05. The van der Waals surface area contributed by atoms with Crippen LogP contribution < -0.4 is 5.73 Å². The van der Waals surface area contributed by atoms with E-state index in [1.54, 1.807) is 6.20 Å². The number of amides is 1. The Morgan fingerprint density at radius 1 is 1.57 bits per heavy atom. The van der Waals surface area contributed by atoms with E-state index in [1.807, 2.05) is 0 Å². The number of ether oxygens (including phenoxy) is 1. The molecule has 1 aromatic heterocycles. The summed E-state index contributed by atoms with van der Waals surface area (Å²) in [6.45, 7) is 0.789. The van der Waals surface area contributed by atoms with E-state index in [0.717, 1.165) is 13.0 Å². The minimum absolute atomic E-state index is 0.171. The van der Waals surface area contributed by atoms with Crippen molar-refractivity contribution in [3.05, 3.63) is 23.8 Å². The van der Waals surface area contributed by atoms with Crippen molar-refractivity contribution in [1.29, 1.82) is 0 Å². The first kappa shape index (κ1) is 9.08. The van der Waals surface area contributed by atoms with Crippen LogP contribution in [0.1, 0.15) is 22.6 Å². The molecule has 5 nitrogen and oxygen atoms in total. The van der Waals surface area contributed by atoms with Gasteiger partial charge in [-0.2, -0.15) is 0 Å². The Morgan fingerprint density at radius 2 is 2.29 bits per heavy atom. The van der Waals surface area contributed by atoms with Crippen LogP contribution in [0.2, 0.25) is 0 Å². The number of aromatic nitrogens is 2. The molecule has 1 aliphatic heterocycles. The fraction of sp³-hybridized carbons (Fsp3) is 0.444. The van der Waals surface area contributed by atoms with Crippen molar-refractivity contribution in [2.24, 2.45) is 5.73 Å². The van der Waals surface area contributed by atoms with Crippen LogP contribution in [0.25, 0.3) is 0 Å². The first-order valence-electron chi connectivity index (χ1n) is 4.48. The predicted molar refractivity (Wildman–Crippen MR) is 48.6 cm³/mol. The smallest absolute Gasteiger partial charge is 0.269 e. The van der Waals surface area contributed by atoms with E-state index in [-0.39, 0.29) is 11.8 Å². The molecule has 5 heteroatoms. The van der Waals surface area contributed by atoms with Crippen LogP contribution >= 0.6 is 0 Å². The standard InChI is InChI=1S/C9H11N3O2/c10-9(13)8-7(11-2-3-12-8)5-6-1-4-14-6/h2-3,6H,1,4-5H2,(H2,10,13). The lowest BCUT2D eigenvalue weighted by Gasteiger charge is -2.26. The minimum atomic E-state index is -0.535. The second-order valence-electron chi connectivity index (χ2n) is 3.20. The van der Waals surface area contributed by atoms with Gasteiger partial charge >= 0.3 is 0 Å². The fourth-order valence-corrected chi connectivity index (χ4v) is 1.38. The Kier molecular flexibility index (Phi) is 2.41. The third-order valence-corrected chi connectivity index (χ3v) is 2.22. The molecule has 1 amide bonds. The van der Waals surface area contributed by atoms with Crippen molar-refractivity contribution in [1.82, 2.24) is 9.97 Å². The Labute approximate surface area is 81.3 Å². The average molecular weight is 193 g/mol. The first-order valence-corrected chi connectivity index (χ1v) is 4.48. The number of rotatable bonds is 3. The van der Waals surface area contributed by atoms with Gasteiger partial charge < -0.3 is 10.5 Å². The summed E-state index contributed by atoms with van der Waals surface area (Å²) in [5.74, 6) is -0.535. The molecule has 1 atom stereocenters. The van der Waals surface area contributed by atoms with E-state index >= 15 is 0 Å². The molecule has 1 fully saturated rings. The highest BCUT2D eigenvalue weighted by molar-refractivity contribution is 5.91. The van der Waals surface area contributed by atoms with Gasteiger partial charge in [-0.1, -0.05) is 0 Å². The Balaban J connectivity index is 2.17. The van der Waals surface area contributed by atoms with E-state index in [0.29, 0.717) is 12.1 Å². The normalized spacial score (nSPS) is 20.1. The Bertz CT molecular complexity index is 350. The number of carbonyl (C=O) groups is 1. The summed E-state index contributed by atoms with van der Waals surface area (Å²) in [6.07, 6.45) is 4.82. The Morgan fingerprint density at radius 3 is 2.86 bits per heavy atom. The molecule has 0 saturated carbocycles. The SMILES string of the molecule is NC(=O)c1nccnc1CC1CCO1. The quantitative estimate of drug-likeness (QED) is 0.727. The lowest BCUT2D eigenvalue weighted by Crippen LogP contribution is -2.30. The van der Waals surface area contributed by atoms with Gasteiger partial charge in [-0.3, -0.25) is 9.78 Å². The van der Waals surface area contributed by atoms with Crippen molar-refractivity contribution in [3.63, 3.8) is 0 Å². The van der Waals surface area contributed by atoms with Gasteiger partial charge in [-0.05, 0) is 6.42 Å². The highest BCUT2D eigenvalue weighted by Crippen LogP contribution is 2.16. The monoisotopic (exact) mass is 193 g/mol. The molecule has 74 valence electrons. The largest absolute Gasteiger partial charge is 0.378 e. The molecule has 1 aliphatic rings. The maximum Gasteiger partial charge on any atom is 0.269 e. The lowest BCUT2D eigenvalue weighted by molar-refractivity contribution is -0.0497. The van der Waals surface area contributed by atoms with Crippen molar-refractivity contribution < 1.29 is 9.53 Å². The molecule has 1 aromatic rings. The van der Waals surface area contributed by atoms with Crippen molar-refractivity contribution in [3.8, 4) is 0 Å². The number of carbonyl (C=O) groups excluding carboxylic acids is 1. The van der Waals surface area contributed by atoms with Gasteiger partial charge in [0.1, 0.15) is 5.69 Å². The number of nitrogens with zero attached hydrogens (tertiary/aromatic N) is 2. The Hall–Kier alpha value is -1.49. The molecule has 1 saturated heterocycles. The molecule has 2 rings (SSSR count). The van der Waals surface area contributed by atoms with E-state index < -0.39 is 5.91 Å². The van der Waals surface area contributed by atoms with Crippen LogP contribution in [0.5, 0.6) is 0 Å². The zero-order valence-corrected chi connectivity index (χ0v) is 7.64. The molecule has 2 heterocycles. The van der Waals surface area contributed by atoms with E-state index in [4.69, 9.17) is 10.5 Å². The van der Waals surface area contributed by atoms with Crippen molar-refractivity contribution in [2.75, 3.05) is 6.61 Å². The third kappa shape index (κ3) is 1.72. The van der Waals surface area contributed by atoms with Crippen LogP contribution in [0.4, 0.5) is 0 Å². The molecule has 0 aromatic carbocycles.